The van der Waals surface area contributed by atoms with Crippen molar-refractivity contribution in [1.82, 2.24) is 4.98 Å². The predicted octanol–water partition coefficient (Wildman–Crippen LogP) is 3.73. The van der Waals surface area contributed by atoms with Crippen molar-refractivity contribution < 1.29 is 19.1 Å². The number of methoxy groups -OCH3 is 1. The number of benzene rings is 2. The summed E-state index contributed by atoms with van der Waals surface area (Å²) >= 11 is 1.33. The molecule has 3 rings (SSSR count). The highest BCUT2D eigenvalue weighted by atomic mass is 32.1. The zero-order valence-electron chi connectivity index (χ0n) is 15.4. The Morgan fingerprint density at radius 1 is 1.11 bits per heavy atom. The number of hydrogen-bond acceptors (Lipinski definition) is 6. The number of amides is 2. The van der Waals surface area contributed by atoms with Crippen molar-refractivity contribution in [2.24, 2.45) is 0 Å². The van der Waals surface area contributed by atoms with Crippen molar-refractivity contribution in [3.63, 3.8) is 0 Å². The highest BCUT2D eigenvalue weighted by molar-refractivity contribution is 7.13. The molecule has 3 aromatic rings. The molecule has 28 heavy (non-hydrogen) atoms. The number of aromatic nitrogens is 1. The number of carbonyl (C=O) groups excluding carboxylic acids is 2. The quantitative estimate of drug-likeness (QED) is 0.634. The third-order valence-electron chi connectivity index (χ3n) is 3.74. The van der Waals surface area contributed by atoms with E-state index < -0.39 is 0 Å². The number of rotatable bonds is 7. The molecule has 2 N–H and O–H groups in total. The number of anilines is 2. The molecule has 0 saturated heterocycles. The van der Waals surface area contributed by atoms with Crippen LogP contribution in [0.15, 0.2) is 54.0 Å². The van der Waals surface area contributed by atoms with Crippen molar-refractivity contribution >= 4 is 34.0 Å². The number of nitrogens with one attached hydrogen (secondary N) is 2. The molecule has 144 valence electrons. The van der Waals surface area contributed by atoms with E-state index in [0.717, 1.165) is 5.56 Å². The molecule has 0 bridgehead atoms. The minimum absolute atomic E-state index is 0.186. The molecule has 0 aliphatic heterocycles. The second-order valence-electron chi connectivity index (χ2n) is 5.86. The van der Waals surface area contributed by atoms with Crippen molar-refractivity contribution in [3.05, 3.63) is 65.2 Å². The monoisotopic (exact) mass is 397 g/mol. The third-order valence-corrected chi connectivity index (χ3v) is 4.43. The zero-order valence-corrected chi connectivity index (χ0v) is 16.2. The normalized spacial score (nSPS) is 10.2. The summed E-state index contributed by atoms with van der Waals surface area (Å²) in [7, 11) is 1.55. The van der Waals surface area contributed by atoms with E-state index in [4.69, 9.17) is 9.47 Å². The number of ether oxygens (including phenoxy) is 2. The Morgan fingerprint density at radius 3 is 2.71 bits per heavy atom. The van der Waals surface area contributed by atoms with E-state index in [1.807, 2.05) is 19.1 Å². The molecule has 2 aromatic carbocycles. The Balaban J connectivity index is 1.59. The average molecular weight is 397 g/mol. The molecule has 0 aliphatic rings. The summed E-state index contributed by atoms with van der Waals surface area (Å²) in [4.78, 5) is 28.5. The van der Waals surface area contributed by atoms with E-state index in [1.165, 1.54) is 11.3 Å². The summed E-state index contributed by atoms with van der Waals surface area (Å²) in [6, 6.07) is 12.1. The van der Waals surface area contributed by atoms with Gasteiger partial charge in [0.05, 0.1) is 7.11 Å². The third kappa shape index (κ3) is 5.08. The maximum atomic E-state index is 12.3. The van der Waals surface area contributed by atoms with Gasteiger partial charge in [0.25, 0.3) is 11.8 Å². The lowest BCUT2D eigenvalue weighted by Gasteiger charge is -2.12. The lowest BCUT2D eigenvalue weighted by Crippen LogP contribution is -2.20. The molecule has 8 heteroatoms. The highest BCUT2D eigenvalue weighted by Gasteiger charge is 2.11. The van der Waals surface area contributed by atoms with Gasteiger partial charge < -0.3 is 14.8 Å². The van der Waals surface area contributed by atoms with Gasteiger partial charge in [0.2, 0.25) is 0 Å². The molecule has 0 atom stereocenters. The number of aryl methyl sites for hydroxylation is 1. The molecule has 0 radical (unpaired) electrons. The minimum atomic E-state index is -0.347. The Hall–Kier alpha value is -3.39. The maximum absolute atomic E-state index is 12.3. The molecule has 0 unspecified atom stereocenters. The van der Waals surface area contributed by atoms with E-state index >= 15 is 0 Å². The first-order valence-electron chi connectivity index (χ1n) is 8.43. The molecule has 2 amide bonds. The number of carbonyl (C=O) groups is 2. The lowest BCUT2D eigenvalue weighted by atomic mass is 10.2. The Bertz CT molecular complexity index is 973. The minimum Gasteiger partial charge on any atom is -0.493 e. The molecule has 0 aliphatic carbocycles. The van der Waals surface area contributed by atoms with Crippen LogP contribution in [0.1, 0.15) is 15.9 Å². The van der Waals surface area contributed by atoms with Gasteiger partial charge >= 0.3 is 0 Å². The van der Waals surface area contributed by atoms with Crippen LogP contribution in [0.25, 0.3) is 0 Å². The van der Waals surface area contributed by atoms with Crippen LogP contribution >= 0.6 is 11.3 Å². The Labute approximate surface area is 166 Å². The first kappa shape index (κ1) is 19.4. The summed E-state index contributed by atoms with van der Waals surface area (Å²) in [6.07, 6.45) is 1.61. The maximum Gasteiger partial charge on any atom is 0.262 e. The van der Waals surface area contributed by atoms with Crippen LogP contribution in [0, 0.1) is 6.92 Å². The van der Waals surface area contributed by atoms with Crippen LogP contribution in [0.4, 0.5) is 10.8 Å². The van der Waals surface area contributed by atoms with Crippen molar-refractivity contribution in [3.8, 4) is 11.5 Å². The highest BCUT2D eigenvalue weighted by Crippen LogP contribution is 2.27. The Kier molecular flexibility index (Phi) is 6.23. The van der Waals surface area contributed by atoms with E-state index in [9.17, 15) is 9.59 Å². The van der Waals surface area contributed by atoms with Gasteiger partial charge in [-0.05, 0) is 42.8 Å². The van der Waals surface area contributed by atoms with Crippen molar-refractivity contribution in [2.45, 2.75) is 6.92 Å². The molecule has 7 nitrogen and oxygen atoms in total. The Morgan fingerprint density at radius 2 is 1.96 bits per heavy atom. The van der Waals surface area contributed by atoms with Gasteiger partial charge in [-0.15, -0.1) is 11.3 Å². The van der Waals surface area contributed by atoms with Gasteiger partial charge in [-0.2, -0.15) is 0 Å². The van der Waals surface area contributed by atoms with Gasteiger partial charge in [-0.3, -0.25) is 14.9 Å². The van der Waals surface area contributed by atoms with E-state index in [1.54, 1.807) is 49.0 Å². The lowest BCUT2D eigenvalue weighted by molar-refractivity contribution is -0.118. The average Bonchev–Trinajstić information content (AvgIpc) is 3.20. The van der Waals surface area contributed by atoms with Crippen LogP contribution in [0.2, 0.25) is 0 Å². The van der Waals surface area contributed by atoms with Gasteiger partial charge in [-0.1, -0.05) is 12.1 Å². The topological polar surface area (TPSA) is 89.5 Å². The van der Waals surface area contributed by atoms with E-state index in [2.05, 4.69) is 15.6 Å². The summed E-state index contributed by atoms with van der Waals surface area (Å²) in [6.45, 7) is 1.76. The fraction of sp³-hybridized carbons (Fsp3) is 0.150. The van der Waals surface area contributed by atoms with Crippen LogP contribution in [-0.4, -0.2) is 30.5 Å². The van der Waals surface area contributed by atoms with Gasteiger partial charge in [0.15, 0.2) is 23.2 Å². The summed E-state index contributed by atoms with van der Waals surface area (Å²) in [5.74, 6) is 0.403. The number of thiazole rings is 1. The molecular weight excluding hydrogens is 378 g/mol. The van der Waals surface area contributed by atoms with Crippen LogP contribution in [0.5, 0.6) is 11.5 Å². The standard InChI is InChI=1S/C20H19N3O4S/c1-13-6-7-16(17(10-13)26-2)27-12-18(24)22-15-5-3-4-14(11-15)19(25)23-20-21-8-9-28-20/h3-11H,12H2,1-2H3,(H,22,24)(H,21,23,25). The van der Waals surface area contributed by atoms with Crippen LogP contribution in [0.3, 0.4) is 0 Å². The molecule has 0 fully saturated rings. The summed E-state index contributed by atoms with van der Waals surface area (Å²) < 4.78 is 10.8. The fourth-order valence-corrected chi connectivity index (χ4v) is 2.95. The number of hydrogen-bond donors (Lipinski definition) is 2. The predicted molar refractivity (Wildman–Crippen MR) is 108 cm³/mol. The number of nitrogens with zero attached hydrogens (tertiary/aromatic N) is 1. The van der Waals surface area contributed by atoms with Crippen LogP contribution < -0.4 is 20.1 Å². The van der Waals surface area contributed by atoms with E-state index in [-0.39, 0.29) is 18.4 Å². The zero-order chi connectivity index (χ0) is 19.9. The van der Waals surface area contributed by atoms with Gasteiger partial charge in [-0.25, -0.2) is 4.98 Å². The second-order valence-corrected chi connectivity index (χ2v) is 6.76. The van der Waals surface area contributed by atoms with Gasteiger partial charge in [0, 0.05) is 22.8 Å². The smallest absolute Gasteiger partial charge is 0.262 e. The largest absolute Gasteiger partial charge is 0.493 e. The molecule has 0 saturated carbocycles. The summed E-state index contributed by atoms with van der Waals surface area (Å²) in [5, 5.41) is 7.70. The van der Waals surface area contributed by atoms with Gasteiger partial charge in [0.1, 0.15) is 0 Å². The van der Waals surface area contributed by atoms with Crippen LogP contribution in [-0.2, 0) is 4.79 Å². The first-order chi connectivity index (χ1) is 13.5. The van der Waals surface area contributed by atoms with Crippen molar-refractivity contribution in [2.75, 3.05) is 24.4 Å². The van der Waals surface area contributed by atoms with Crippen molar-refractivity contribution in [1.29, 1.82) is 0 Å². The fourth-order valence-electron chi connectivity index (χ4n) is 2.43. The molecule has 1 aromatic heterocycles. The SMILES string of the molecule is COc1cc(C)ccc1OCC(=O)Nc1cccc(C(=O)Nc2nccs2)c1. The molecular formula is C20H19N3O4S. The van der Waals surface area contributed by atoms with E-state index in [0.29, 0.717) is 27.9 Å². The first-order valence-corrected chi connectivity index (χ1v) is 9.31. The molecule has 1 heterocycles. The molecule has 0 spiro atoms. The summed E-state index contributed by atoms with van der Waals surface area (Å²) in [5.41, 5.74) is 1.94. The second kappa shape index (κ2) is 9.01.